The number of esters is 1. The first-order valence-electron chi connectivity index (χ1n) is 14.9. The summed E-state index contributed by atoms with van der Waals surface area (Å²) in [5.74, 6) is -0.514. The number of carbonyl (C=O) groups excluding carboxylic acids is 2. The normalized spacial score (nSPS) is 13.3. The van der Waals surface area contributed by atoms with Gasteiger partial charge in [-0.25, -0.2) is 14.0 Å². The number of alkyl carbamates (subject to hydrolysis) is 1. The highest BCUT2D eigenvalue weighted by Crippen LogP contribution is 2.44. The van der Waals surface area contributed by atoms with E-state index in [4.69, 9.17) is 14.2 Å². The number of nitrogens with one attached hydrogen (secondary N) is 1. The molecule has 8 heteroatoms. The van der Waals surface area contributed by atoms with Crippen molar-refractivity contribution in [1.82, 2.24) is 5.32 Å². The van der Waals surface area contributed by atoms with Crippen LogP contribution < -0.4 is 10.1 Å². The molecule has 0 fully saturated rings. The van der Waals surface area contributed by atoms with Crippen molar-refractivity contribution in [1.29, 1.82) is 0 Å². The number of rotatable bonds is 11. The van der Waals surface area contributed by atoms with Crippen molar-refractivity contribution >= 4 is 23.8 Å². The molecule has 1 amide bonds. The number of hydrogen-bond donors (Lipinski definition) is 1. The number of ether oxygens (including phenoxy) is 3. The van der Waals surface area contributed by atoms with E-state index in [1.54, 1.807) is 31.4 Å². The van der Waals surface area contributed by atoms with Crippen LogP contribution in [0.2, 0.25) is 0 Å². The van der Waals surface area contributed by atoms with Crippen molar-refractivity contribution in [3.8, 4) is 16.9 Å². The van der Waals surface area contributed by atoms with E-state index < -0.39 is 29.7 Å². The average Bonchev–Trinajstić information content (AvgIpc) is 3.43. The fraction of sp³-hybridized carbons (Fsp3) is 0.158. The number of methoxy groups -OCH3 is 1. The predicted octanol–water partition coefficient (Wildman–Crippen LogP) is 8.32. The minimum absolute atomic E-state index is 0.0147. The van der Waals surface area contributed by atoms with Gasteiger partial charge in [0.2, 0.25) is 0 Å². The van der Waals surface area contributed by atoms with Crippen molar-refractivity contribution in [3.05, 3.63) is 156 Å². The lowest BCUT2D eigenvalue weighted by Crippen LogP contribution is -2.47. The molecule has 5 aromatic rings. The number of halogens is 1. The van der Waals surface area contributed by atoms with Gasteiger partial charge < -0.3 is 19.5 Å². The lowest BCUT2D eigenvalue weighted by molar-refractivity contribution is -0.150. The lowest BCUT2D eigenvalue weighted by atomic mass is 9.98. The molecule has 1 N–H and O–H groups in total. The van der Waals surface area contributed by atoms with Gasteiger partial charge in [0.05, 0.1) is 7.11 Å². The molecular weight excluding hydrogens is 601 g/mol. The van der Waals surface area contributed by atoms with Crippen LogP contribution in [0.1, 0.15) is 34.3 Å². The molecule has 0 aliphatic heterocycles. The molecule has 2 atom stereocenters. The Hall–Kier alpha value is -5.08. The van der Waals surface area contributed by atoms with Crippen LogP contribution in [-0.4, -0.2) is 37.3 Å². The first kappa shape index (κ1) is 30.9. The highest BCUT2D eigenvalue weighted by molar-refractivity contribution is 7.99. The van der Waals surface area contributed by atoms with E-state index in [2.05, 4.69) is 5.32 Å². The van der Waals surface area contributed by atoms with E-state index in [-0.39, 0.29) is 12.5 Å². The average molecular weight is 634 g/mol. The van der Waals surface area contributed by atoms with Crippen molar-refractivity contribution in [2.75, 3.05) is 13.7 Å². The van der Waals surface area contributed by atoms with Gasteiger partial charge in [-0.1, -0.05) is 121 Å². The third kappa shape index (κ3) is 6.92. The van der Waals surface area contributed by atoms with E-state index >= 15 is 4.39 Å². The number of thioether (sulfide) groups is 1. The van der Waals surface area contributed by atoms with E-state index in [1.807, 2.05) is 109 Å². The van der Waals surface area contributed by atoms with E-state index in [0.29, 0.717) is 21.8 Å². The van der Waals surface area contributed by atoms with E-state index in [9.17, 15) is 9.59 Å². The summed E-state index contributed by atoms with van der Waals surface area (Å²) in [6, 6.07) is 39.4. The third-order valence-electron chi connectivity index (χ3n) is 7.88. The van der Waals surface area contributed by atoms with Crippen molar-refractivity contribution in [2.45, 2.75) is 28.5 Å². The molecule has 1 aliphatic rings. The second kappa shape index (κ2) is 14.3. The minimum atomic E-state index is -1.89. The Bertz CT molecular complexity index is 1700. The summed E-state index contributed by atoms with van der Waals surface area (Å²) < 4.78 is 32.9. The molecule has 5 aromatic carbocycles. The summed E-state index contributed by atoms with van der Waals surface area (Å²) in [5, 5.41) is 2.48. The zero-order valence-corrected chi connectivity index (χ0v) is 25.9. The fourth-order valence-corrected chi connectivity index (χ4v) is 6.49. The minimum Gasteiger partial charge on any atom is -0.497 e. The summed E-state index contributed by atoms with van der Waals surface area (Å²) in [7, 11) is 1.54. The van der Waals surface area contributed by atoms with Crippen LogP contribution in [0.5, 0.6) is 5.75 Å². The summed E-state index contributed by atoms with van der Waals surface area (Å²) in [6.07, 6.45) is -1.74. The second-order valence-electron chi connectivity index (χ2n) is 10.7. The van der Waals surface area contributed by atoms with Crippen LogP contribution in [0.4, 0.5) is 9.18 Å². The van der Waals surface area contributed by atoms with Crippen molar-refractivity contribution < 1.29 is 28.2 Å². The Morgan fingerprint density at radius 1 is 0.739 bits per heavy atom. The molecule has 46 heavy (non-hydrogen) atoms. The molecule has 232 valence electrons. The summed E-state index contributed by atoms with van der Waals surface area (Å²) in [4.78, 5) is 27.6. The topological polar surface area (TPSA) is 73.9 Å². The molecule has 0 bridgehead atoms. The molecule has 0 aromatic heterocycles. The second-order valence-corrected chi connectivity index (χ2v) is 11.9. The van der Waals surface area contributed by atoms with Gasteiger partial charge in [-0.3, -0.25) is 0 Å². The highest BCUT2D eigenvalue weighted by atomic mass is 32.2. The van der Waals surface area contributed by atoms with Crippen LogP contribution in [0.15, 0.2) is 138 Å². The Kier molecular flexibility index (Phi) is 9.65. The first-order valence-corrected chi connectivity index (χ1v) is 15.8. The van der Waals surface area contributed by atoms with Crippen LogP contribution in [-0.2, 0) is 14.3 Å². The fourth-order valence-electron chi connectivity index (χ4n) is 5.62. The van der Waals surface area contributed by atoms with E-state index in [0.717, 1.165) is 34.0 Å². The number of carbonyl (C=O) groups is 2. The predicted molar refractivity (Wildman–Crippen MR) is 177 cm³/mol. The van der Waals surface area contributed by atoms with Gasteiger partial charge >= 0.3 is 12.1 Å². The number of benzene rings is 5. The summed E-state index contributed by atoms with van der Waals surface area (Å²) in [5.41, 5.74) is 3.77. The first-order chi connectivity index (χ1) is 22.5. The molecule has 1 aliphatic carbocycles. The number of fused-ring (bicyclic) bond motifs is 3. The molecule has 6 nitrogen and oxygen atoms in total. The van der Waals surface area contributed by atoms with Crippen LogP contribution in [0, 0.1) is 0 Å². The van der Waals surface area contributed by atoms with Crippen LogP contribution >= 0.6 is 11.8 Å². The number of amides is 1. The lowest BCUT2D eigenvalue weighted by Gasteiger charge is -2.25. The maximum atomic E-state index is 16.1. The SMILES string of the molecule is COc1ccc(SC(F)C(NC(=O)OCC2c3ccccc3-c3ccccc32)C(=O)OC(c2ccccc2)c2ccccc2)cc1. The smallest absolute Gasteiger partial charge is 0.407 e. The van der Waals surface area contributed by atoms with Crippen LogP contribution in [0.3, 0.4) is 0 Å². The zero-order chi connectivity index (χ0) is 31.9. The quantitative estimate of drug-likeness (QED) is 0.117. The van der Waals surface area contributed by atoms with Gasteiger partial charge in [-0.05, 0) is 57.6 Å². The van der Waals surface area contributed by atoms with Crippen LogP contribution in [0.25, 0.3) is 11.1 Å². The van der Waals surface area contributed by atoms with Gasteiger partial charge in [0.1, 0.15) is 12.4 Å². The maximum Gasteiger partial charge on any atom is 0.407 e. The standard InChI is InChI=1S/C38H32FNO5S/c1-43-27-20-22-28(23-21-27)46-36(39)34(37(41)45-35(25-12-4-2-5-13-25)26-14-6-3-7-15-26)40-38(42)44-24-33-31-18-10-8-16-29(31)30-17-9-11-19-32(30)33/h2-23,33-36H,24H2,1H3,(H,40,42). The maximum absolute atomic E-state index is 16.1. The summed E-state index contributed by atoms with van der Waals surface area (Å²) in [6.45, 7) is 0.0147. The monoisotopic (exact) mass is 633 g/mol. The molecule has 0 saturated heterocycles. The third-order valence-corrected chi connectivity index (χ3v) is 8.92. The molecule has 0 radical (unpaired) electrons. The molecule has 6 rings (SSSR count). The Morgan fingerprint density at radius 3 is 1.80 bits per heavy atom. The van der Waals surface area contributed by atoms with Crippen molar-refractivity contribution in [2.24, 2.45) is 0 Å². The number of alkyl halides is 1. The van der Waals surface area contributed by atoms with Crippen molar-refractivity contribution in [3.63, 3.8) is 0 Å². The van der Waals surface area contributed by atoms with Gasteiger partial charge in [0, 0.05) is 10.8 Å². The van der Waals surface area contributed by atoms with Gasteiger partial charge in [0.15, 0.2) is 17.6 Å². The highest BCUT2D eigenvalue weighted by Gasteiger charge is 2.36. The molecule has 0 spiro atoms. The Balaban J connectivity index is 1.22. The van der Waals surface area contributed by atoms with Gasteiger partial charge in [0.25, 0.3) is 0 Å². The van der Waals surface area contributed by atoms with Gasteiger partial charge in [-0.15, -0.1) is 0 Å². The molecule has 0 heterocycles. The van der Waals surface area contributed by atoms with Gasteiger partial charge in [-0.2, -0.15) is 0 Å². The summed E-state index contributed by atoms with van der Waals surface area (Å²) >= 11 is 0.791. The largest absolute Gasteiger partial charge is 0.497 e. The molecule has 2 unspecified atom stereocenters. The molecular formula is C38H32FNO5S. The molecule has 0 saturated carbocycles. The number of hydrogen-bond acceptors (Lipinski definition) is 6. The Morgan fingerprint density at radius 2 is 1.26 bits per heavy atom. The van der Waals surface area contributed by atoms with E-state index in [1.165, 1.54) is 0 Å². The Labute approximate surface area is 271 Å². The zero-order valence-electron chi connectivity index (χ0n) is 25.0.